The molecule has 1 fully saturated rings. The van der Waals surface area contributed by atoms with Gasteiger partial charge in [-0.3, -0.25) is 0 Å². The Morgan fingerprint density at radius 3 is 3.05 bits per heavy atom. The van der Waals surface area contributed by atoms with Crippen LogP contribution in [0.2, 0.25) is 0 Å². The van der Waals surface area contributed by atoms with Crippen molar-refractivity contribution >= 4 is 5.69 Å². The first-order valence-corrected chi connectivity index (χ1v) is 6.63. The lowest BCUT2D eigenvalue weighted by atomic mass is 10.1. The SMILES string of the molecule is COc1ccc(NC(C)CC2COCCN2)cc1O. The fourth-order valence-corrected chi connectivity index (χ4v) is 2.32. The van der Waals surface area contributed by atoms with Crippen LogP contribution in [-0.2, 0) is 4.74 Å². The Balaban J connectivity index is 1.87. The summed E-state index contributed by atoms with van der Waals surface area (Å²) in [4.78, 5) is 0. The zero-order valence-corrected chi connectivity index (χ0v) is 11.5. The van der Waals surface area contributed by atoms with E-state index < -0.39 is 0 Å². The Morgan fingerprint density at radius 2 is 2.42 bits per heavy atom. The Morgan fingerprint density at radius 1 is 1.58 bits per heavy atom. The minimum atomic E-state index is 0.152. The summed E-state index contributed by atoms with van der Waals surface area (Å²) in [5.74, 6) is 0.638. The molecule has 5 heteroatoms. The molecule has 1 saturated heterocycles. The first kappa shape index (κ1) is 14.0. The lowest BCUT2D eigenvalue weighted by molar-refractivity contribution is 0.0731. The highest BCUT2D eigenvalue weighted by atomic mass is 16.5. The summed E-state index contributed by atoms with van der Waals surface area (Å²) in [6.07, 6.45) is 0.979. The summed E-state index contributed by atoms with van der Waals surface area (Å²) in [6, 6.07) is 6.03. The van der Waals surface area contributed by atoms with E-state index in [9.17, 15) is 5.11 Å². The molecule has 0 radical (unpaired) electrons. The zero-order chi connectivity index (χ0) is 13.7. The van der Waals surface area contributed by atoms with Crippen LogP contribution in [0.15, 0.2) is 18.2 Å². The number of aromatic hydroxyl groups is 1. The molecule has 1 heterocycles. The Hall–Kier alpha value is -1.46. The van der Waals surface area contributed by atoms with E-state index in [0.29, 0.717) is 17.8 Å². The van der Waals surface area contributed by atoms with E-state index in [4.69, 9.17) is 9.47 Å². The molecule has 1 aromatic rings. The predicted octanol–water partition coefficient (Wildman–Crippen LogP) is 1.58. The highest BCUT2D eigenvalue weighted by molar-refractivity contribution is 5.54. The zero-order valence-electron chi connectivity index (χ0n) is 11.5. The maximum atomic E-state index is 9.73. The van der Waals surface area contributed by atoms with Crippen LogP contribution >= 0.6 is 0 Å². The van der Waals surface area contributed by atoms with Crippen LogP contribution in [-0.4, -0.2) is 44.1 Å². The normalized spacial score (nSPS) is 20.8. The number of hydrogen-bond acceptors (Lipinski definition) is 5. The van der Waals surface area contributed by atoms with E-state index in [1.165, 1.54) is 0 Å². The number of rotatable bonds is 5. The van der Waals surface area contributed by atoms with Gasteiger partial charge in [-0.1, -0.05) is 0 Å². The van der Waals surface area contributed by atoms with E-state index in [1.807, 2.05) is 6.07 Å². The summed E-state index contributed by atoms with van der Waals surface area (Å²) in [7, 11) is 1.54. The number of methoxy groups -OCH3 is 1. The van der Waals surface area contributed by atoms with Crippen molar-refractivity contribution in [3.05, 3.63) is 18.2 Å². The van der Waals surface area contributed by atoms with Gasteiger partial charge in [0.25, 0.3) is 0 Å². The van der Waals surface area contributed by atoms with Crippen molar-refractivity contribution < 1.29 is 14.6 Å². The van der Waals surface area contributed by atoms with Crippen molar-refractivity contribution in [2.75, 3.05) is 32.2 Å². The monoisotopic (exact) mass is 266 g/mol. The number of hydrogen-bond donors (Lipinski definition) is 3. The lowest BCUT2D eigenvalue weighted by Gasteiger charge is -2.27. The van der Waals surface area contributed by atoms with E-state index in [0.717, 1.165) is 31.9 Å². The molecule has 0 aliphatic carbocycles. The predicted molar refractivity (Wildman–Crippen MR) is 75.0 cm³/mol. The van der Waals surface area contributed by atoms with E-state index in [2.05, 4.69) is 17.6 Å². The second-order valence-corrected chi connectivity index (χ2v) is 4.89. The Kier molecular flexibility index (Phi) is 4.87. The van der Waals surface area contributed by atoms with Gasteiger partial charge in [0.2, 0.25) is 0 Å². The molecular formula is C14H22N2O3. The van der Waals surface area contributed by atoms with Crippen LogP contribution in [0.25, 0.3) is 0 Å². The minimum Gasteiger partial charge on any atom is -0.504 e. The molecule has 19 heavy (non-hydrogen) atoms. The number of phenols is 1. The number of morpholine rings is 1. The van der Waals surface area contributed by atoms with Crippen LogP contribution in [0.1, 0.15) is 13.3 Å². The molecule has 3 N–H and O–H groups in total. The van der Waals surface area contributed by atoms with E-state index in [-0.39, 0.29) is 5.75 Å². The third kappa shape index (κ3) is 4.01. The molecule has 1 aliphatic rings. The van der Waals surface area contributed by atoms with Gasteiger partial charge >= 0.3 is 0 Å². The minimum absolute atomic E-state index is 0.152. The average Bonchev–Trinajstić information content (AvgIpc) is 2.40. The molecular weight excluding hydrogens is 244 g/mol. The van der Waals surface area contributed by atoms with Gasteiger partial charge in [0.1, 0.15) is 0 Å². The topological polar surface area (TPSA) is 62.8 Å². The van der Waals surface area contributed by atoms with E-state index in [1.54, 1.807) is 19.2 Å². The molecule has 0 spiro atoms. The fourth-order valence-electron chi connectivity index (χ4n) is 2.32. The number of benzene rings is 1. The molecule has 1 aliphatic heterocycles. The third-order valence-electron chi connectivity index (χ3n) is 3.23. The number of nitrogens with one attached hydrogen (secondary N) is 2. The molecule has 2 atom stereocenters. The summed E-state index contributed by atoms with van der Waals surface area (Å²) < 4.78 is 10.5. The van der Waals surface area contributed by atoms with Gasteiger partial charge in [0, 0.05) is 30.4 Å². The van der Waals surface area contributed by atoms with Crippen LogP contribution in [0.4, 0.5) is 5.69 Å². The Labute approximate surface area is 113 Å². The van der Waals surface area contributed by atoms with Crippen molar-refractivity contribution in [3.63, 3.8) is 0 Å². The van der Waals surface area contributed by atoms with Crippen LogP contribution in [0.3, 0.4) is 0 Å². The van der Waals surface area contributed by atoms with Crippen molar-refractivity contribution in [1.82, 2.24) is 5.32 Å². The van der Waals surface area contributed by atoms with Gasteiger partial charge < -0.3 is 25.2 Å². The van der Waals surface area contributed by atoms with Gasteiger partial charge in [-0.25, -0.2) is 0 Å². The number of anilines is 1. The fraction of sp³-hybridized carbons (Fsp3) is 0.571. The number of phenolic OH excluding ortho intramolecular Hbond substituents is 1. The van der Waals surface area contributed by atoms with Crippen LogP contribution < -0.4 is 15.4 Å². The average molecular weight is 266 g/mol. The van der Waals surface area contributed by atoms with E-state index >= 15 is 0 Å². The van der Waals surface area contributed by atoms with Crippen molar-refractivity contribution in [2.45, 2.75) is 25.4 Å². The maximum absolute atomic E-state index is 9.73. The van der Waals surface area contributed by atoms with Gasteiger partial charge in [-0.05, 0) is 25.5 Å². The van der Waals surface area contributed by atoms with Crippen molar-refractivity contribution in [1.29, 1.82) is 0 Å². The summed E-state index contributed by atoms with van der Waals surface area (Å²) in [5, 5.41) is 16.5. The second-order valence-electron chi connectivity index (χ2n) is 4.89. The summed E-state index contributed by atoms with van der Waals surface area (Å²) in [5.41, 5.74) is 0.891. The van der Waals surface area contributed by atoms with Crippen LogP contribution in [0, 0.1) is 0 Å². The Bertz CT molecular complexity index is 406. The highest BCUT2D eigenvalue weighted by Gasteiger charge is 2.16. The highest BCUT2D eigenvalue weighted by Crippen LogP contribution is 2.29. The maximum Gasteiger partial charge on any atom is 0.160 e. The van der Waals surface area contributed by atoms with Crippen molar-refractivity contribution in [2.24, 2.45) is 0 Å². The first-order valence-electron chi connectivity index (χ1n) is 6.63. The molecule has 2 unspecified atom stereocenters. The largest absolute Gasteiger partial charge is 0.504 e. The second kappa shape index (κ2) is 6.63. The molecule has 1 aromatic carbocycles. The molecule has 5 nitrogen and oxygen atoms in total. The molecule has 106 valence electrons. The summed E-state index contributed by atoms with van der Waals surface area (Å²) in [6.45, 7) is 4.60. The molecule has 2 rings (SSSR count). The standard InChI is InChI=1S/C14H22N2O3/c1-10(7-12-9-19-6-5-15-12)16-11-3-4-14(18-2)13(17)8-11/h3-4,8,10,12,15-17H,5-7,9H2,1-2H3. The molecule has 0 saturated carbocycles. The molecule has 0 aromatic heterocycles. The van der Waals surface area contributed by atoms with Gasteiger partial charge in [-0.15, -0.1) is 0 Å². The lowest BCUT2D eigenvalue weighted by Crippen LogP contribution is -2.43. The molecule has 0 bridgehead atoms. The van der Waals surface area contributed by atoms with Crippen molar-refractivity contribution in [3.8, 4) is 11.5 Å². The quantitative estimate of drug-likeness (QED) is 0.755. The number of ether oxygens (including phenoxy) is 2. The van der Waals surface area contributed by atoms with Gasteiger partial charge in [-0.2, -0.15) is 0 Å². The summed E-state index contributed by atoms with van der Waals surface area (Å²) >= 11 is 0. The molecule has 0 amide bonds. The van der Waals surface area contributed by atoms with Gasteiger partial charge in [0.05, 0.1) is 20.3 Å². The van der Waals surface area contributed by atoms with Crippen LogP contribution in [0.5, 0.6) is 11.5 Å². The first-order chi connectivity index (χ1) is 9.19. The van der Waals surface area contributed by atoms with Gasteiger partial charge in [0.15, 0.2) is 11.5 Å². The third-order valence-corrected chi connectivity index (χ3v) is 3.23. The smallest absolute Gasteiger partial charge is 0.160 e.